The number of ether oxygens (including phenoxy) is 2. The molecule has 1 aliphatic heterocycles. The molecule has 144 valence electrons. The zero-order chi connectivity index (χ0) is 19.4. The van der Waals surface area contributed by atoms with E-state index in [0.717, 1.165) is 32.7 Å². The first-order valence-corrected chi connectivity index (χ1v) is 9.31. The molecule has 0 bridgehead atoms. The highest BCUT2D eigenvalue weighted by molar-refractivity contribution is 5.95. The van der Waals surface area contributed by atoms with Crippen molar-refractivity contribution in [3.05, 3.63) is 58.7 Å². The molecule has 0 saturated carbocycles. The van der Waals surface area contributed by atoms with E-state index in [2.05, 4.69) is 36.9 Å². The molecule has 5 heteroatoms. The van der Waals surface area contributed by atoms with Gasteiger partial charge >= 0.3 is 0 Å². The van der Waals surface area contributed by atoms with Crippen LogP contribution in [0.5, 0.6) is 11.5 Å². The van der Waals surface area contributed by atoms with Gasteiger partial charge in [-0.05, 0) is 37.6 Å². The molecule has 0 spiro atoms. The summed E-state index contributed by atoms with van der Waals surface area (Å²) in [4.78, 5) is 17.2. The largest absolute Gasteiger partial charge is 0.493 e. The second kappa shape index (κ2) is 8.44. The summed E-state index contributed by atoms with van der Waals surface area (Å²) in [5.74, 6) is 1.26. The number of carbonyl (C=O) groups is 1. The first-order valence-electron chi connectivity index (χ1n) is 9.31. The van der Waals surface area contributed by atoms with E-state index in [1.165, 1.54) is 16.7 Å². The van der Waals surface area contributed by atoms with Crippen LogP contribution in [0.3, 0.4) is 0 Å². The molecule has 0 aromatic heterocycles. The van der Waals surface area contributed by atoms with E-state index in [-0.39, 0.29) is 5.91 Å². The maximum absolute atomic E-state index is 12.8. The van der Waals surface area contributed by atoms with E-state index in [1.807, 2.05) is 4.90 Å². The Morgan fingerprint density at radius 3 is 2.11 bits per heavy atom. The first-order chi connectivity index (χ1) is 13.0. The van der Waals surface area contributed by atoms with Crippen LogP contribution in [-0.4, -0.2) is 56.1 Å². The Morgan fingerprint density at radius 1 is 0.889 bits per heavy atom. The van der Waals surface area contributed by atoms with Gasteiger partial charge in [0, 0.05) is 38.3 Å². The highest BCUT2D eigenvalue weighted by Crippen LogP contribution is 2.28. The smallest absolute Gasteiger partial charge is 0.254 e. The quantitative estimate of drug-likeness (QED) is 0.812. The van der Waals surface area contributed by atoms with Gasteiger partial charge in [0.05, 0.1) is 14.2 Å². The minimum Gasteiger partial charge on any atom is -0.493 e. The molecule has 1 amide bonds. The third-order valence-electron chi connectivity index (χ3n) is 4.98. The minimum atomic E-state index is 0.0435. The van der Waals surface area contributed by atoms with Crippen LogP contribution in [0, 0.1) is 13.8 Å². The fourth-order valence-electron chi connectivity index (χ4n) is 3.68. The normalized spacial score (nSPS) is 14.9. The number of benzene rings is 2. The summed E-state index contributed by atoms with van der Waals surface area (Å²) in [5.41, 5.74) is 4.57. The van der Waals surface area contributed by atoms with Gasteiger partial charge in [-0.2, -0.15) is 0 Å². The summed E-state index contributed by atoms with van der Waals surface area (Å²) >= 11 is 0. The van der Waals surface area contributed by atoms with Crippen LogP contribution in [0.25, 0.3) is 0 Å². The third-order valence-corrected chi connectivity index (χ3v) is 4.98. The number of aryl methyl sites for hydroxylation is 2. The Morgan fingerprint density at radius 2 is 1.52 bits per heavy atom. The molecule has 1 aliphatic rings. The Hall–Kier alpha value is -2.53. The Labute approximate surface area is 161 Å². The zero-order valence-electron chi connectivity index (χ0n) is 16.6. The molecule has 1 heterocycles. The van der Waals surface area contributed by atoms with Crippen LogP contribution in [0.4, 0.5) is 0 Å². The molecule has 0 aliphatic carbocycles. The second-order valence-electron chi connectivity index (χ2n) is 7.13. The van der Waals surface area contributed by atoms with Crippen LogP contribution in [-0.2, 0) is 6.54 Å². The van der Waals surface area contributed by atoms with Gasteiger partial charge < -0.3 is 14.4 Å². The monoisotopic (exact) mass is 368 g/mol. The van der Waals surface area contributed by atoms with E-state index in [0.29, 0.717) is 17.1 Å². The lowest BCUT2D eigenvalue weighted by molar-refractivity contribution is 0.0628. The minimum absolute atomic E-state index is 0.0435. The maximum Gasteiger partial charge on any atom is 0.254 e. The molecule has 5 nitrogen and oxygen atoms in total. The number of hydrogen-bond acceptors (Lipinski definition) is 4. The molecule has 0 unspecified atom stereocenters. The van der Waals surface area contributed by atoms with Crippen molar-refractivity contribution >= 4 is 5.91 Å². The molecule has 1 saturated heterocycles. The zero-order valence-corrected chi connectivity index (χ0v) is 16.6. The summed E-state index contributed by atoms with van der Waals surface area (Å²) < 4.78 is 10.6. The summed E-state index contributed by atoms with van der Waals surface area (Å²) in [6, 6.07) is 12.0. The SMILES string of the molecule is COc1ccc(C(=O)N2CCN(Cc3cc(C)cc(C)c3)CC2)cc1OC. The van der Waals surface area contributed by atoms with E-state index in [9.17, 15) is 4.79 Å². The predicted molar refractivity (Wildman–Crippen MR) is 107 cm³/mol. The summed E-state index contributed by atoms with van der Waals surface area (Å²) in [7, 11) is 3.17. The number of amides is 1. The Bertz CT molecular complexity index is 791. The molecule has 27 heavy (non-hydrogen) atoms. The van der Waals surface area contributed by atoms with Crippen molar-refractivity contribution in [2.45, 2.75) is 20.4 Å². The van der Waals surface area contributed by atoms with Crippen molar-refractivity contribution < 1.29 is 14.3 Å². The van der Waals surface area contributed by atoms with Gasteiger partial charge in [-0.3, -0.25) is 9.69 Å². The Balaban J connectivity index is 1.61. The lowest BCUT2D eigenvalue weighted by Gasteiger charge is -2.35. The van der Waals surface area contributed by atoms with Crippen LogP contribution in [0.15, 0.2) is 36.4 Å². The first kappa shape index (κ1) is 19.2. The molecule has 1 fully saturated rings. The maximum atomic E-state index is 12.8. The van der Waals surface area contributed by atoms with Crippen molar-refractivity contribution in [2.24, 2.45) is 0 Å². The standard InChI is InChI=1S/C22H28N2O3/c1-16-11-17(2)13-18(12-16)15-23-7-9-24(10-8-23)22(25)19-5-6-20(26-3)21(14-19)27-4/h5-6,11-14H,7-10,15H2,1-4H3. The van der Waals surface area contributed by atoms with Crippen LogP contribution >= 0.6 is 0 Å². The van der Waals surface area contributed by atoms with Gasteiger partial charge in [-0.15, -0.1) is 0 Å². The van der Waals surface area contributed by atoms with Gasteiger partial charge in [0.2, 0.25) is 0 Å². The van der Waals surface area contributed by atoms with E-state index in [4.69, 9.17) is 9.47 Å². The fraction of sp³-hybridized carbons (Fsp3) is 0.409. The third kappa shape index (κ3) is 4.61. The lowest BCUT2D eigenvalue weighted by atomic mass is 10.1. The van der Waals surface area contributed by atoms with Gasteiger partial charge in [0.15, 0.2) is 11.5 Å². The Kier molecular flexibility index (Phi) is 6.01. The number of hydrogen-bond donors (Lipinski definition) is 0. The van der Waals surface area contributed by atoms with Crippen molar-refractivity contribution in [3.8, 4) is 11.5 Å². The molecule has 0 N–H and O–H groups in total. The summed E-state index contributed by atoms with van der Waals surface area (Å²) in [6.07, 6.45) is 0. The topological polar surface area (TPSA) is 42.0 Å². The summed E-state index contributed by atoms with van der Waals surface area (Å²) in [5, 5.41) is 0. The van der Waals surface area contributed by atoms with Gasteiger partial charge in [0.1, 0.15) is 0 Å². The second-order valence-corrected chi connectivity index (χ2v) is 7.13. The van der Waals surface area contributed by atoms with Crippen molar-refractivity contribution in [2.75, 3.05) is 40.4 Å². The van der Waals surface area contributed by atoms with Crippen molar-refractivity contribution in [1.29, 1.82) is 0 Å². The average molecular weight is 368 g/mol. The molecule has 2 aromatic carbocycles. The number of methoxy groups -OCH3 is 2. The molecule has 2 aromatic rings. The average Bonchev–Trinajstić information content (AvgIpc) is 2.66. The highest BCUT2D eigenvalue weighted by Gasteiger charge is 2.23. The lowest BCUT2D eigenvalue weighted by Crippen LogP contribution is -2.48. The number of nitrogens with zero attached hydrogens (tertiary/aromatic N) is 2. The van der Waals surface area contributed by atoms with Gasteiger partial charge in [-0.25, -0.2) is 0 Å². The molecular weight excluding hydrogens is 340 g/mol. The number of carbonyl (C=O) groups excluding carboxylic acids is 1. The summed E-state index contributed by atoms with van der Waals surface area (Å²) in [6.45, 7) is 8.43. The van der Waals surface area contributed by atoms with Crippen molar-refractivity contribution in [3.63, 3.8) is 0 Å². The molecular formula is C22H28N2O3. The van der Waals surface area contributed by atoms with Crippen LogP contribution in [0.2, 0.25) is 0 Å². The van der Waals surface area contributed by atoms with E-state index >= 15 is 0 Å². The van der Waals surface area contributed by atoms with Crippen molar-refractivity contribution in [1.82, 2.24) is 9.80 Å². The highest BCUT2D eigenvalue weighted by atomic mass is 16.5. The van der Waals surface area contributed by atoms with Crippen LogP contribution in [0.1, 0.15) is 27.0 Å². The van der Waals surface area contributed by atoms with Gasteiger partial charge in [0.25, 0.3) is 5.91 Å². The molecule has 0 radical (unpaired) electrons. The van der Waals surface area contributed by atoms with E-state index in [1.54, 1.807) is 32.4 Å². The molecule has 3 rings (SSSR count). The number of rotatable bonds is 5. The van der Waals surface area contributed by atoms with Gasteiger partial charge in [-0.1, -0.05) is 29.3 Å². The molecule has 0 atom stereocenters. The van der Waals surface area contributed by atoms with Crippen LogP contribution < -0.4 is 9.47 Å². The fourth-order valence-corrected chi connectivity index (χ4v) is 3.68. The van der Waals surface area contributed by atoms with E-state index < -0.39 is 0 Å². The number of piperazine rings is 1. The predicted octanol–water partition coefficient (Wildman–Crippen LogP) is 3.28.